The van der Waals surface area contributed by atoms with Gasteiger partial charge >= 0.3 is 5.97 Å². The number of rotatable bonds is 6. The fourth-order valence-electron chi connectivity index (χ4n) is 1.65. The number of hydrogen-bond donors (Lipinski definition) is 2. The summed E-state index contributed by atoms with van der Waals surface area (Å²) < 4.78 is 23.1. The van der Waals surface area contributed by atoms with Gasteiger partial charge in [0.05, 0.1) is 15.8 Å². The zero-order chi connectivity index (χ0) is 16.2. The molecule has 0 fully saturated rings. The minimum atomic E-state index is -3.54. The van der Waals surface area contributed by atoms with Crippen molar-refractivity contribution in [2.24, 2.45) is 5.92 Å². The summed E-state index contributed by atoms with van der Waals surface area (Å²) in [5.74, 6) is -2.22. The van der Waals surface area contributed by atoms with Gasteiger partial charge in [-0.15, -0.1) is 0 Å². The van der Waals surface area contributed by atoms with Gasteiger partial charge in [-0.3, -0.25) is 9.59 Å². The molecule has 6 nitrogen and oxygen atoms in total. The van der Waals surface area contributed by atoms with E-state index >= 15 is 0 Å². The summed E-state index contributed by atoms with van der Waals surface area (Å²) in [6.07, 6.45) is 1.37. The van der Waals surface area contributed by atoms with Crippen LogP contribution in [0.3, 0.4) is 0 Å². The van der Waals surface area contributed by atoms with Crippen LogP contribution >= 0.6 is 11.6 Å². The lowest BCUT2D eigenvalue weighted by atomic mass is 10.1. The lowest BCUT2D eigenvalue weighted by molar-refractivity contribution is -0.141. The molecule has 21 heavy (non-hydrogen) atoms. The van der Waals surface area contributed by atoms with Gasteiger partial charge in [0, 0.05) is 18.4 Å². The first-order valence-corrected chi connectivity index (χ1v) is 8.44. The molecule has 0 heterocycles. The highest BCUT2D eigenvalue weighted by atomic mass is 35.5. The second-order valence-corrected chi connectivity index (χ2v) is 6.96. The molecule has 0 aliphatic carbocycles. The molecule has 0 aromatic heterocycles. The number of hydrogen-bond acceptors (Lipinski definition) is 4. The number of carbonyl (C=O) groups excluding carboxylic acids is 1. The minimum Gasteiger partial charge on any atom is -0.481 e. The quantitative estimate of drug-likeness (QED) is 0.823. The Morgan fingerprint density at radius 2 is 2.00 bits per heavy atom. The highest BCUT2D eigenvalue weighted by molar-refractivity contribution is 7.90. The molecular weight excluding hydrogens is 318 g/mol. The maximum Gasteiger partial charge on any atom is 0.308 e. The average molecular weight is 334 g/mol. The highest BCUT2D eigenvalue weighted by Crippen LogP contribution is 2.22. The third-order valence-corrected chi connectivity index (χ3v) is 4.52. The van der Waals surface area contributed by atoms with E-state index in [1.165, 1.54) is 18.2 Å². The van der Waals surface area contributed by atoms with E-state index in [4.69, 9.17) is 16.7 Å². The van der Waals surface area contributed by atoms with Crippen molar-refractivity contribution in [3.8, 4) is 0 Å². The molecular formula is C13H16ClNO5S. The van der Waals surface area contributed by atoms with Crippen LogP contribution in [0.25, 0.3) is 0 Å². The van der Waals surface area contributed by atoms with Crippen molar-refractivity contribution in [1.82, 2.24) is 5.32 Å². The molecule has 1 amide bonds. The van der Waals surface area contributed by atoms with Crippen LogP contribution in [0.15, 0.2) is 23.1 Å². The van der Waals surface area contributed by atoms with E-state index in [1.54, 1.807) is 6.92 Å². The first-order chi connectivity index (χ1) is 9.66. The van der Waals surface area contributed by atoms with Crippen LogP contribution in [0.2, 0.25) is 5.02 Å². The van der Waals surface area contributed by atoms with Crippen LogP contribution in [0.4, 0.5) is 0 Å². The highest BCUT2D eigenvalue weighted by Gasteiger charge is 2.18. The molecule has 1 unspecified atom stereocenters. The second kappa shape index (κ2) is 6.91. The lowest BCUT2D eigenvalue weighted by Gasteiger charge is -2.11. The molecule has 0 aliphatic rings. The lowest BCUT2D eigenvalue weighted by Crippen LogP contribution is -2.32. The van der Waals surface area contributed by atoms with Gasteiger partial charge in [-0.25, -0.2) is 8.42 Å². The van der Waals surface area contributed by atoms with Crippen LogP contribution in [0.1, 0.15) is 23.7 Å². The van der Waals surface area contributed by atoms with Crippen molar-refractivity contribution < 1.29 is 23.1 Å². The second-order valence-electron chi connectivity index (χ2n) is 4.57. The van der Waals surface area contributed by atoms with Crippen molar-refractivity contribution in [2.45, 2.75) is 18.2 Å². The van der Waals surface area contributed by atoms with Crippen LogP contribution in [0.5, 0.6) is 0 Å². The fourth-order valence-corrected chi connectivity index (χ4v) is 2.95. The number of carboxylic acid groups (broad SMARTS) is 1. The van der Waals surface area contributed by atoms with Crippen molar-refractivity contribution in [3.05, 3.63) is 28.8 Å². The maximum absolute atomic E-state index is 11.9. The summed E-state index contributed by atoms with van der Waals surface area (Å²) >= 11 is 5.79. The van der Waals surface area contributed by atoms with Gasteiger partial charge in [-0.2, -0.15) is 0 Å². The van der Waals surface area contributed by atoms with Crippen molar-refractivity contribution in [3.63, 3.8) is 0 Å². The van der Waals surface area contributed by atoms with E-state index in [9.17, 15) is 18.0 Å². The van der Waals surface area contributed by atoms with Crippen molar-refractivity contribution >= 4 is 33.3 Å². The maximum atomic E-state index is 11.9. The number of nitrogens with one attached hydrogen (secondary N) is 1. The topological polar surface area (TPSA) is 101 Å². The Hall–Kier alpha value is -1.60. The van der Waals surface area contributed by atoms with Crippen molar-refractivity contribution in [2.75, 3.05) is 12.8 Å². The van der Waals surface area contributed by atoms with E-state index in [0.29, 0.717) is 6.42 Å². The third kappa shape index (κ3) is 4.71. The summed E-state index contributed by atoms with van der Waals surface area (Å²) in [6.45, 7) is 1.68. The van der Waals surface area contributed by atoms with Crippen LogP contribution in [-0.4, -0.2) is 38.2 Å². The van der Waals surface area contributed by atoms with Crippen LogP contribution < -0.4 is 5.32 Å². The monoisotopic (exact) mass is 333 g/mol. The molecule has 1 atom stereocenters. The van der Waals surface area contributed by atoms with Gasteiger partial charge in [0.1, 0.15) is 0 Å². The molecule has 0 aliphatic heterocycles. The Morgan fingerprint density at radius 3 is 2.48 bits per heavy atom. The normalized spacial score (nSPS) is 12.7. The number of amides is 1. The Labute approximate surface area is 128 Å². The molecule has 0 spiro atoms. The van der Waals surface area contributed by atoms with Gasteiger partial charge in [-0.05, 0) is 24.6 Å². The SMILES string of the molecule is CCC(CNC(=O)c1ccc(Cl)c(S(C)(=O)=O)c1)C(=O)O. The standard InChI is InChI=1S/C13H16ClNO5S/c1-3-8(13(17)18)7-15-12(16)9-4-5-10(14)11(6-9)21(2,19)20/h4-6,8H,3,7H2,1-2H3,(H,15,16)(H,17,18). The summed E-state index contributed by atoms with van der Waals surface area (Å²) in [4.78, 5) is 22.7. The van der Waals surface area contributed by atoms with Gasteiger partial charge in [0.25, 0.3) is 5.91 Å². The average Bonchev–Trinajstić information content (AvgIpc) is 2.37. The smallest absolute Gasteiger partial charge is 0.308 e. The number of halogens is 1. The largest absolute Gasteiger partial charge is 0.481 e. The fraction of sp³-hybridized carbons (Fsp3) is 0.385. The predicted octanol–water partition coefficient (Wildman–Crippen LogP) is 1.58. The Bertz CT molecular complexity index is 657. The Balaban J connectivity index is 2.92. The van der Waals surface area contributed by atoms with E-state index < -0.39 is 27.6 Å². The Kier molecular flexibility index (Phi) is 5.74. The van der Waals surface area contributed by atoms with Crippen LogP contribution in [-0.2, 0) is 14.6 Å². The molecule has 0 bridgehead atoms. The van der Waals surface area contributed by atoms with E-state index in [-0.39, 0.29) is 22.0 Å². The molecule has 0 saturated carbocycles. The zero-order valence-electron chi connectivity index (χ0n) is 11.6. The molecule has 116 valence electrons. The summed E-state index contributed by atoms with van der Waals surface area (Å²) in [6, 6.07) is 3.88. The number of carbonyl (C=O) groups is 2. The van der Waals surface area contributed by atoms with Gasteiger partial charge in [0.2, 0.25) is 0 Å². The molecule has 1 rings (SSSR count). The van der Waals surface area contributed by atoms with E-state index in [1.807, 2.05) is 0 Å². The zero-order valence-corrected chi connectivity index (χ0v) is 13.2. The third-order valence-electron chi connectivity index (χ3n) is 2.94. The molecule has 2 N–H and O–H groups in total. The predicted molar refractivity (Wildman–Crippen MR) is 78.3 cm³/mol. The summed E-state index contributed by atoms with van der Waals surface area (Å²) in [5, 5.41) is 11.4. The van der Waals surface area contributed by atoms with E-state index in [2.05, 4.69) is 5.32 Å². The number of carboxylic acids is 1. The molecule has 1 aromatic rings. The molecule has 0 saturated heterocycles. The van der Waals surface area contributed by atoms with Crippen LogP contribution in [0, 0.1) is 5.92 Å². The summed E-state index contributed by atoms with van der Waals surface area (Å²) in [5.41, 5.74) is 0.111. The molecule has 0 radical (unpaired) electrons. The first kappa shape index (κ1) is 17.5. The molecule has 8 heteroatoms. The van der Waals surface area contributed by atoms with E-state index in [0.717, 1.165) is 6.26 Å². The number of sulfone groups is 1. The minimum absolute atomic E-state index is 0.0263. The summed E-state index contributed by atoms with van der Waals surface area (Å²) in [7, 11) is -3.54. The molecule has 1 aromatic carbocycles. The van der Waals surface area contributed by atoms with Gasteiger partial charge < -0.3 is 10.4 Å². The first-order valence-electron chi connectivity index (χ1n) is 6.17. The van der Waals surface area contributed by atoms with Crippen molar-refractivity contribution in [1.29, 1.82) is 0 Å². The number of benzene rings is 1. The van der Waals surface area contributed by atoms with Gasteiger partial charge in [-0.1, -0.05) is 18.5 Å². The van der Waals surface area contributed by atoms with Gasteiger partial charge in [0.15, 0.2) is 9.84 Å². The number of aliphatic carboxylic acids is 1. The Morgan fingerprint density at radius 1 is 1.38 bits per heavy atom.